The minimum Gasteiger partial charge on any atom is -0.469 e. The second kappa shape index (κ2) is 6.43. The quantitative estimate of drug-likeness (QED) is 0.713. The van der Waals surface area contributed by atoms with Crippen molar-refractivity contribution in [1.29, 1.82) is 0 Å². The summed E-state index contributed by atoms with van der Waals surface area (Å²) in [5.41, 5.74) is 0. The summed E-state index contributed by atoms with van der Waals surface area (Å²) in [6.45, 7) is 9.75. The van der Waals surface area contributed by atoms with Crippen molar-refractivity contribution in [2.45, 2.75) is 82.3 Å². The molecule has 138 valence electrons. The molecule has 2 unspecified atom stereocenters. The van der Waals surface area contributed by atoms with E-state index in [0.29, 0.717) is 6.42 Å². The maximum absolute atomic E-state index is 12.0. The Kier molecular flexibility index (Phi) is 4.94. The number of methoxy groups -OCH3 is 1. The number of carbonyl (C=O) groups excluding carboxylic acids is 1. The van der Waals surface area contributed by atoms with E-state index in [-0.39, 0.29) is 41.6 Å². The van der Waals surface area contributed by atoms with Gasteiger partial charge < -0.3 is 23.7 Å². The normalized spacial score (nSPS) is 42.4. The lowest BCUT2D eigenvalue weighted by Gasteiger charge is -2.42. The smallest absolute Gasteiger partial charge is 0.305 e. The number of thioether (sulfide) groups is 1. The summed E-state index contributed by atoms with van der Waals surface area (Å²) in [5.74, 6) is -0.700. The molecular formula is C17H28O6S. The molecule has 0 N–H and O–H groups in total. The Morgan fingerprint density at radius 1 is 0.958 bits per heavy atom. The second-order valence-corrected chi connectivity index (χ2v) is 8.95. The Balaban J connectivity index is 1.94. The molecule has 2 aliphatic heterocycles. The molecule has 3 rings (SSSR count). The summed E-state index contributed by atoms with van der Waals surface area (Å²) in [7, 11) is 1.42. The number of esters is 1. The molecule has 6 nitrogen and oxygen atoms in total. The van der Waals surface area contributed by atoms with Crippen LogP contribution in [0.15, 0.2) is 0 Å². The highest BCUT2D eigenvalue weighted by molar-refractivity contribution is 7.99. The van der Waals surface area contributed by atoms with Crippen LogP contribution < -0.4 is 0 Å². The van der Waals surface area contributed by atoms with Crippen LogP contribution in [0.5, 0.6) is 0 Å². The molecule has 0 aromatic rings. The lowest BCUT2D eigenvalue weighted by atomic mass is 9.78. The van der Waals surface area contributed by atoms with Crippen molar-refractivity contribution in [3.8, 4) is 0 Å². The molecule has 1 aliphatic carbocycles. The molecule has 0 aromatic carbocycles. The average Bonchev–Trinajstić information content (AvgIpc) is 2.97. The van der Waals surface area contributed by atoms with Gasteiger partial charge in [0.15, 0.2) is 11.6 Å². The van der Waals surface area contributed by atoms with E-state index in [2.05, 4.69) is 6.92 Å². The number of rotatable bonds is 4. The van der Waals surface area contributed by atoms with E-state index in [4.69, 9.17) is 23.7 Å². The number of fused-ring (bicyclic) bond motifs is 3. The summed E-state index contributed by atoms with van der Waals surface area (Å²) < 4.78 is 29.6. The lowest BCUT2D eigenvalue weighted by molar-refractivity contribution is -0.176. The Labute approximate surface area is 147 Å². The Bertz CT molecular complexity index is 493. The third-order valence-corrected chi connectivity index (χ3v) is 6.14. The molecule has 7 heteroatoms. The highest BCUT2D eigenvalue weighted by Crippen LogP contribution is 2.50. The van der Waals surface area contributed by atoms with Crippen LogP contribution in [0, 0.1) is 5.92 Å². The molecule has 0 radical (unpaired) electrons. The van der Waals surface area contributed by atoms with Crippen molar-refractivity contribution in [1.82, 2.24) is 0 Å². The number of hydrogen-bond donors (Lipinski definition) is 0. The fourth-order valence-electron chi connectivity index (χ4n) is 4.08. The predicted molar refractivity (Wildman–Crippen MR) is 89.7 cm³/mol. The highest BCUT2D eigenvalue weighted by atomic mass is 32.2. The second-order valence-electron chi connectivity index (χ2n) is 7.49. The third kappa shape index (κ3) is 3.33. The first-order chi connectivity index (χ1) is 11.2. The standard InChI is InChI=1S/C17H28O6S/c1-7-24-15-9(8-10(18)19-6)11-12(21-16(2,3)20-11)13-14(15)23-17(4,5)22-13/h9,11-15H,7-8H2,1-6H3/t9?,11-,12-,13+,14-,15?/m1/s1. The first-order valence-electron chi connectivity index (χ1n) is 8.57. The Morgan fingerprint density at radius 2 is 1.46 bits per heavy atom. The first-order valence-corrected chi connectivity index (χ1v) is 9.62. The minimum absolute atomic E-state index is 0.0343. The van der Waals surface area contributed by atoms with E-state index in [0.717, 1.165) is 5.75 Å². The zero-order chi connectivity index (χ0) is 17.7. The van der Waals surface area contributed by atoms with E-state index in [1.807, 2.05) is 27.7 Å². The van der Waals surface area contributed by atoms with Crippen molar-refractivity contribution in [3.63, 3.8) is 0 Å². The molecule has 0 bridgehead atoms. The Morgan fingerprint density at radius 3 is 2.00 bits per heavy atom. The van der Waals surface area contributed by atoms with Crippen LogP contribution in [0.2, 0.25) is 0 Å². The van der Waals surface area contributed by atoms with Gasteiger partial charge in [-0.05, 0) is 33.4 Å². The van der Waals surface area contributed by atoms with Crippen LogP contribution >= 0.6 is 11.8 Å². The maximum atomic E-state index is 12.0. The van der Waals surface area contributed by atoms with Gasteiger partial charge in [0.1, 0.15) is 18.3 Å². The van der Waals surface area contributed by atoms with Crippen molar-refractivity contribution < 1.29 is 28.5 Å². The number of ether oxygens (including phenoxy) is 5. The van der Waals surface area contributed by atoms with Gasteiger partial charge in [0, 0.05) is 11.2 Å². The molecular weight excluding hydrogens is 332 g/mol. The first kappa shape index (κ1) is 18.5. The molecule has 24 heavy (non-hydrogen) atoms. The van der Waals surface area contributed by atoms with Gasteiger partial charge >= 0.3 is 5.97 Å². The predicted octanol–water partition coefficient (Wildman–Crippen LogP) is 2.34. The maximum Gasteiger partial charge on any atom is 0.305 e. The summed E-state index contributed by atoms with van der Waals surface area (Å²) in [5, 5.41) is 0.0969. The van der Waals surface area contributed by atoms with E-state index < -0.39 is 11.6 Å². The van der Waals surface area contributed by atoms with Crippen LogP contribution in [-0.2, 0) is 28.5 Å². The summed E-state index contributed by atoms with van der Waals surface area (Å²) in [6, 6.07) is 0. The largest absolute Gasteiger partial charge is 0.469 e. The molecule has 2 saturated heterocycles. The molecule has 3 aliphatic rings. The molecule has 0 aromatic heterocycles. The van der Waals surface area contributed by atoms with Gasteiger partial charge in [-0.3, -0.25) is 4.79 Å². The van der Waals surface area contributed by atoms with Crippen LogP contribution in [-0.4, -0.2) is 60.1 Å². The summed E-state index contributed by atoms with van der Waals surface area (Å²) in [4.78, 5) is 12.0. The molecule has 6 atom stereocenters. The molecule has 0 spiro atoms. The third-order valence-electron chi connectivity index (χ3n) is 4.81. The number of hydrogen-bond acceptors (Lipinski definition) is 7. The van der Waals surface area contributed by atoms with Crippen molar-refractivity contribution in [3.05, 3.63) is 0 Å². The van der Waals surface area contributed by atoms with Gasteiger partial charge in [0.05, 0.1) is 19.6 Å². The van der Waals surface area contributed by atoms with Crippen LogP contribution in [0.25, 0.3) is 0 Å². The van der Waals surface area contributed by atoms with Gasteiger partial charge in [-0.15, -0.1) is 0 Å². The number of carbonyl (C=O) groups is 1. The molecule has 3 fully saturated rings. The SMILES string of the molecule is CCSC1C(CC(=O)OC)[C@H]2OC(C)(C)O[C@H]2[C@@H]2OC(C)(C)O[C@@H]12. The Hall–Kier alpha value is -0.340. The van der Waals surface area contributed by atoms with Crippen LogP contribution in [0.3, 0.4) is 0 Å². The molecule has 2 heterocycles. The van der Waals surface area contributed by atoms with E-state index >= 15 is 0 Å². The zero-order valence-electron chi connectivity index (χ0n) is 15.2. The summed E-state index contributed by atoms with van der Waals surface area (Å²) >= 11 is 1.79. The van der Waals surface area contributed by atoms with Gasteiger partial charge in [0.25, 0.3) is 0 Å². The van der Waals surface area contributed by atoms with Crippen LogP contribution in [0.4, 0.5) is 0 Å². The molecule has 1 saturated carbocycles. The minimum atomic E-state index is -0.698. The highest BCUT2D eigenvalue weighted by Gasteiger charge is 2.63. The monoisotopic (exact) mass is 360 g/mol. The van der Waals surface area contributed by atoms with Gasteiger partial charge in [-0.2, -0.15) is 11.8 Å². The van der Waals surface area contributed by atoms with Gasteiger partial charge in [0.2, 0.25) is 0 Å². The average molecular weight is 360 g/mol. The van der Waals surface area contributed by atoms with Crippen LogP contribution in [0.1, 0.15) is 41.0 Å². The summed E-state index contributed by atoms with van der Waals surface area (Å²) in [6.07, 6.45) is -0.470. The van der Waals surface area contributed by atoms with E-state index in [1.54, 1.807) is 11.8 Å². The van der Waals surface area contributed by atoms with Crippen molar-refractivity contribution in [2.24, 2.45) is 5.92 Å². The van der Waals surface area contributed by atoms with Crippen molar-refractivity contribution in [2.75, 3.05) is 12.9 Å². The van der Waals surface area contributed by atoms with Gasteiger partial charge in [-0.25, -0.2) is 0 Å². The topological polar surface area (TPSA) is 63.2 Å². The fraction of sp³-hybridized carbons (Fsp3) is 0.941. The van der Waals surface area contributed by atoms with E-state index in [9.17, 15) is 4.79 Å². The lowest BCUT2D eigenvalue weighted by Crippen LogP contribution is -2.58. The zero-order valence-corrected chi connectivity index (χ0v) is 16.1. The van der Waals surface area contributed by atoms with E-state index in [1.165, 1.54) is 7.11 Å². The molecule has 0 amide bonds. The van der Waals surface area contributed by atoms with Gasteiger partial charge in [-0.1, -0.05) is 6.92 Å². The fourth-order valence-corrected chi connectivity index (χ4v) is 5.36. The van der Waals surface area contributed by atoms with Crippen molar-refractivity contribution >= 4 is 17.7 Å².